The zero-order valence-corrected chi connectivity index (χ0v) is 21.0. The number of para-hydroxylation sites is 1. The molecular formula is C27H32N2O3S. The smallest absolute Gasteiger partial charge is 0.244 e. The summed E-state index contributed by atoms with van der Waals surface area (Å²) in [5.41, 5.74) is 6.86. The number of carbonyl (C=O) groups excluding carboxylic acids is 1. The lowest BCUT2D eigenvalue weighted by Crippen LogP contribution is -2.38. The second kappa shape index (κ2) is 9.89. The first kappa shape index (κ1) is 24.7. The van der Waals surface area contributed by atoms with Gasteiger partial charge in [-0.2, -0.15) is 4.31 Å². The van der Waals surface area contributed by atoms with Crippen LogP contribution in [0.25, 0.3) is 0 Å². The Kier molecular flexibility index (Phi) is 7.40. The van der Waals surface area contributed by atoms with E-state index in [0.717, 1.165) is 33.5 Å². The van der Waals surface area contributed by atoms with Crippen molar-refractivity contribution in [2.24, 2.45) is 0 Å². The Bertz CT molecular complexity index is 1240. The van der Waals surface area contributed by atoms with Gasteiger partial charge in [0.25, 0.3) is 0 Å². The molecule has 3 aromatic carbocycles. The fourth-order valence-electron chi connectivity index (χ4n) is 4.18. The van der Waals surface area contributed by atoms with Gasteiger partial charge >= 0.3 is 0 Å². The van der Waals surface area contributed by atoms with E-state index < -0.39 is 10.0 Å². The first-order valence-electron chi connectivity index (χ1n) is 11.0. The van der Waals surface area contributed by atoms with Gasteiger partial charge in [0, 0.05) is 12.2 Å². The van der Waals surface area contributed by atoms with Crippen molar-refractivity contribution in [2.45, 2.75) is 53.0 Å². The van der Waals surface area contributed by atoms with Gasteiger partial charge in [-0.1, -0.05) is 65.7 Å². The molecule has 0 saturated heterocycles. The fraction of sp³-hybridized carbons (Fsp3) is 0.296. The van der Waals surface area contributed by atoms with E-state index in [1.165, 1.54) is 4.31 Å². The van der Waals surface area contributed by atoms with Crippen LogP contribution in [0.4, 0.5) is 5.69 Å². The number of rotatable bonds is 7. The van der Waals surface area contributed by atoms with E-state index in [1.807, 2.05) is 82.3 Å². The standard InChI is InChI=1S/C27H32N2O3S/c1-18-10-12-24(13-11-18)16-29(17-25(30)28-26-20(3)8-7-9-21(26)4)33(31,32)27-22(5)14-19(2)15-23(27)6/h7-15H,16-17H2,1-6H3,(H,28,30). The zero-order chi connectivity index (χ0) is 24.3. The van der Waals surface area contributed by atoms with Gasteiger partial charge in [0.1, 0.15) is 0 Å². The summed E-state index contributed by atoms with van der Waals surface area (Å²) >= 11 is 0. The maximum Gasteiger partial charge on any atom is 0.244 e. The summed E-state index contributed by atoms with van der Waals surface area (Å²) in [6, 6.07) is 17.2. The van der Waals surface area contributed by atoms with Crippen molar-refractivity contribution in [3.63, 3.8) is 0 Å². The molecule has 0 atom stereocenters. The first-order valence-corrected chi connectivity index (χ1v) is 12.4. The van der Waals surface area contributed by atoms with Crippen LogP contribution in [-0.4, -0.2) is 25.2 Å². The number of hydrogen-bond donors (Lipinski definition) is 1. The highest BCUT2D eigenvalue weighted by Crippen LogP contribution is 2.27. The molecule has 0 aliphatic heterocycles. The van der Waals surface area contributed by atoms with Crippen molar-refractivity contribution < 1.29 is 13.2 Å². The number of nitrogens with zero attached hydrogens (tertiary/aromatic N) is 1. The summed E-state index contributed by atoms with van der Waals surface area (Å²) < 4.78 is 28.9. The summed E-state index contributed by atoms with van der Waals surface area (Å²) in [4.78, 5) is 13.3. The molecule has 33 heavy (non-hydrogen) atoms. The summed E-state index contributed by atoms with van der Waals surface area (Å²) in [6.07, 6.45) is 0. The van der Waals surface area contributed by atoms with E-state index in [4.69, 9.17) is 0 Å². The highest BCUT2D eigenvalue weighted by molar-refractivity contribution is 7.89. The molecular weight excluding hydrogens is 432 g/mol. The minimum atomic E-state index is -3.92. The normalized spacial score (nSPS) is 11.6. The molecule has 1 N–H and O–H groups in total. The topological polar surface area (TPSA) is 66.5 Å². The Labute approximate surface area is 197 Å². The van der Waals surface area contributed by atoms with Crippen molar-refractivity contribution in [2.75, 3.05) is 11.9 Å². The Morgan fingerprint density at radius 3 is 1.88 bits per heavy atom. The van der Waals surface area contributed by atoms with Crippen LogP contribution < -0.4 is 5.32 Å². The van der Waals surface area contributed by atoms with Crippen molar-refractivity contribution >= 4 is 21.6 Å². The highest BCUT2D eigenvalue weighted by atomic mass is 32.2. The Hall–Kier alpha value is -2.96. The molecule has 0 saturated carbocycles. The predicted octanol–water partition coefficient (Wildman–Crippen LogP) is 5.37. The van der Waals surface area contributed by atoms with Gasteiger partial charge < -0.3 is 5.32 Å². The molecule has 0 unspecified atom stereocenters. The van der Waals surface area contributed by atoms with Crippen LogP contribution in [0, 0.1) is 41.5 Å². The molecule has 0 radical (unpaired) electrons. The van der Waals surface area contributed by atoms with Gasteiger partial charge in [0.05, 0.1) is 11.4 Å². The van der Waals surface area contributed by atoms with Crippen LogP contribution in [-0.2, 0) is 21.4 Å². The summed E-state index contributed by atoms with van der Waals surface area (Å²) in [6.45, 7) is 11.2. The third-order valence-corrected chi connectivity index (χ3v) is 7.85. The first-order chi connectivity index (χ1) is 15.5. The maximum atomic E-state index is 13.8. The quantitative estimate of drug-likeness (QED) is 0.511. The van der Waals surface area contributed by atoms with Gasteiger partial charge in [0.15, 0.2) is 0 Å². The molecule has 0 spiro atoms. The minimum absolute atomic E-state index is 0.107. The number of carbonyl (C=O) groups is 1. The number of sulfonamides is 1. The molecule has 0 heterocycles. The number of anilines is 1. The van der Waals surface area contributed by atoms with E-state index in [2.05, 4.69) is 5.32 Å². The van der Waals surface area contributed by atoms with Gasteiger partial charge in [-0.05, 0) is 69.4 Å². The minimum Gasteiger partial charge on any atom is -0.324 e. The lowest BCUT2D eigenvalue weighted by molar-refractivity contribution is -0.116. The molecule has 0 aliphatic rings. The number of amides is 1. The van der Waals surface area contributed by atoms with Crippen LogP contribution in [0.15, 0.2) is 59.5 Å². The van der Waals surface area contributed by atoms with Gasteiger partial charge in [-0.3, -0.25) is 4.79 Å². The van der Waals surface area contributed by atoms with E-state index in [9.17, 15) is 13.2 Å². The largest absolute Gasteiger partial charge is 0.324 e. The Morgan fingerprint density at radius 1 is 0.788 bits per heavy atom. The lowest BCUT2D eigenvalue weighted by Gasteiger charge is -2.24. The second-order valence-electron chi connectivity index (χ2n) is 8.80. The predicted molar refractivity (Wildman–Crippen MR) is 134 cm³/mol. The second-order valence-corrected chi connectivity index (χ2v) is 10.7. The maximum absolute atomic E-state index is 13.8. The molecule has 0 aromatic heterocycles. The van der Waals surface area contributed by atoms with Crippen molar-refractivity contribution in [3.05, 3.63) is 93.5 Å². The summed E-state index contributed by atoms with van der Waals surface area (Å²) in [7, 11) is -3.92. The molecule has 0 bridgehead atoms. The number of benzene rings is 3. The monoisotopic (exact) mass is 464 g/mol. The van der Waals surface area contributed by atoms with Crippen molar-refractivity contribution in [1.29, 1.82) is 0 Å². The number of aryl methyl sites for hydroxylation is 6. The number of hydrogen-bond acceptors (Lipinski definition) is 3. The van der Waals surface area contributed by atoms with E-state index in [-0.39, 0.29) is 23.9 Å². The van der Waals surface area contributed by atoms with Gasteiger partial charge in [-0.15, -0.1) is 0 Å². The third-order valence-electron chi connectivity index (χ3n) is 5.75. The SMILES string of the molecule is Cc1ccc(CN(CC(=O)Nc2c(C)cccc2C)S(=O)(=O)c2c(C)cc(C)cc2C)cc1. The Morgan fingerprint density at radius 2 is 1.33 bits per heavy atom. The van der Waals surface area contributed by atoms with E-state index in [0.29, 0.717) is 11.1 Å². The fourth-order valence-corrected chi connectivity index (χ4v) is 5.97. The highest BCUT2D eigenvalue weighted by Gasteiger charge is 2.30. The van der Waals surface area contributed by atoms with Gasteiger partial charge in [-0.25, -0.2) is 8.42 Å². The molecule has 0 aliphatic carbocycles. The lowest BCUT2D eigenvalue weighted by atomic mass is 10.1. The molecule has 0 fully saturated rings. The molecule has 3 rings (SSSR count). The average molecular weight is 465 g/mol. The van der Waals surface area contributed by atoms with Crippen LogP contribution in [0.3, 0.4) is 0 Å². The summed E-state index contributed by atoms with van der Waals surface area (Å²) in [5.74, 6) is -0.370. The molecule has 5 nitrogen and oxygen atoms in total. The molecule has 1 amide bonds. The molecule has 6 heteroatoms. The number of nitrogens with one attached hydrogen (secondary N) is 1. The van der Waals surface area contributed by atoms with Crippen LogP contribution in [0.5, 0.6) is 0 Å². The van der Waals surface area contributed by atoms with Crippen molar-refractivity contribution in [1.82, 2.24) is 4.31 Å². The zero-order valence-electron chi connectivity index (χ0n) is 20.2. The average Bonchev–Trinajstić information content (AvgIpc) is 2.71. The summed E-state index contributed by atoms with van der Waals surface area (Å²) in [5, 5.41) is 2.92. The van der Waals surface area contributed by atoms with E-state index >= 15 is 0 Å². The third kappa shape index (κ3) is 5.70. The van der Waals surface area contributed by atoms with E-state index in [1.54, 1.807) is 13.8 Å². The van der Waals surface area contributed by atoms with Crippen LogP contribution in [0.2, 0.25) is 0 Å². The van der Waals surface area contributed by atoms with Crippen molar-refractivity contribution in [3.8, 4) is 0 Å². The van der Waals surface area contributed by atoms with Gasteiger partial charge in [0.2, 0.25) is 15.9 Å². The molecule has 174 valence electrons. The van der Waals surface area contributed by atoms with Crippen LogP contribution >= 0.6 is 0 Å². The molecule has 3 aromatic rings. The van der Waals surface area contributed by atoms with Crippen LogP contribution in [0.1, 0.15) is 38.9 Å². The Balaban J connectivity index is 1.99.